The molecule has 3 aromatic rings. The van der Waals surface area contributed by atoms with Crippen molar-refractivity contribution >= 4 is 46.5 Å². The number of hydrogen-bond donors (Lipinski definition) is 3. The second-order valence-corrected chi connectivity index (χ2v) is 10.1. The number of hydrogen-bond acceptors (Lipinski definition) is 8. The zero-order valence-electron chi connectivity index (χ0n) is 20.2. The number of pyridine rings is 1. The first kappa shape index (κ1) is 26.9. The van der Waals surface area contributed by atoms with Crippen LogP contribution >= 0.6 is 11.8 Å². The number of aliphatic carboxylic acids is 2. The molecule has 1 aliphatic rings. The number of carboxylic acids is 2. The molecule has 0 saturated carbocycles. The van der Waals surface area contributed by atoms with Crippen LogP contribution < -0.4 is 5.32 Å². The Morgan fingerprint density at radius 3 is 2.33 bits per heavy atom. The summed E-state index contributed by atoms with van der Waals surface area (Å²) in [7, 11) is 0. The molecule has 11 heteroatoms. The van der Waals surface area contributed by atoms with Gasteiger partial charge in [0.15, 0.2) is 5.78 Å². The highest BCUT2D eigenvalue weighted by atomic mass is 32.2. The monoisotopic (exact) mass is 513 g/mol. The smallest absolute Gasteiger partial charge is 0.419 e. The fourth-order valence-electron chi connectivity index (χ4n) is 3.74. The molecule has 1 saturated heterocycles. The van der Waals surface area contributed by atoms with Gasteiger partial charge in [-0.3, -0.25) is 15.1 Å². The van der Waals surface area contributed by atoms with Gasteiger partial charge in [0, 0.05) is 34.8 Å². The summed E-state index contributed by atoms with van der Waals surface area (Å²) in [6.07, 6.45) is 3.08. The Morgan fingerprint density at radius 1 is 1.08 bits per heavy atom. The number of para-hydroxylation sites is 1. The quantitative estimate of drug-likeness (QED) is 0.348. The molecule has 3 heterocycles. The molecule has 0 spiro atoms. The van der Waals surface area contributed by atoms with Crippen LogP contribution in [0.3, 0.4) is 0 Å². The number of ketones is 1. The van der Waals surface area contributed by atoms with Gasteiger partial charge in [-0.1, -0.05) is 24.3 Å². The molecule has 1 aliphatic heterocycles. The summed E-state index contributed by atoms with van der Waals surface area (Å²) in [6, 6.07) is 11.0. The molecule has 0 amide bonds. The maximum atomic E-state index is 13.5. The number of fused-ring (bicyclic) bond motifs is 1. The predicted molar refractivity (Wildman–Crippen MR) is 134 cm³/mol. The molecule has 4 rings (SSSR count). The maximum absolute atomic E-state index is 13.5. The van der Waals surface area contributed by atoms with E-state index < -0.39 is 23.6 Å². The normalized spacial score (nSPS) is 17.2. The van der Waals surface area contributed by atoms with Crippen molar-refractivity contribution in [2.75, 3.05) is 5.75 Å². The molecular formula is C25H27N3O7S. The number of carboxylic acid groups (broad SMARTS) is 2. The largest absolute Gasteiger partial charge is 0.473 e. The molecular weight excluding hydrogens is 486 g/mol. The van der Waals surface area contributed by atoms with Crippen LogP contribution in [0, 0.1) is 6.92 Å². The van der Waals surface area contributed by atoms with Crippen LogP contribution in [0.4, 0.5) is 4.79 Å². The fourth-order valence-corrected chi connectivity index (χ4v) is 4.97. The first-order chi connectivity index (χ1) is 16.9. The van der Waals surface area contributed by atoms with E-state index in [9.17, 15) is 9.59 Å². The van der Waals surface area contributed by atoms with Gasteiger partial charge in [0.25, 0.3) is 0 Å². The number of aromatic nitrogens is 2. The minimum atomic E-state index is -1.82. The molecule has 190 valence electrons. The van der Waals surface area contributed by atoms with Crippen molar-refractivity contribution in [2.45, 2.75) is 44.7 Å². The Labute approximate surface area is 211 Å². The number of nitrogens with zero attached hydrogens (tertiary/aromatic N) is 2. The van der Waals surface area contributed by atoms with E-state index in [2.05, 4.69) is 10.3 Å². The summed E-state index contributed by atoms with van der Waals surface area (Å²) in [5.74, 6) is -3.00. The number of nitrogens with one attached hydrogen (secondary N) is 1. The highest BCUT2D eigenvalue weighted by Gasteiger charge is 2.35. The Morgan fingerprint density at radius 2 is 1.75 bits per heavy atom. The van der Waals surface area contributed by atoms with Gasteiger partial charge in [-0.2, -0.15) is 0 Å². The van der Waals surface area contributed by atoms with E-state index in [0.29, 0.717) is 22.5 Å². The first-order valence-corrected chi connectivity index (χ1v) is 12.1. The molecule has 0 radical (unpaired) electrons. The lowest BCUT2D eigenvalue weighted by molar-refractivity contribution is -0.159. The zero-order valence-corrected chi connectivity index (χ0v) is 21.0. The minimum absolute atomic E-state index is 0.00935. The van der Waals surface area contributed by atoms with Crippen LogP contribution in [-0.2, 0) is 14.3 Å². The molecule has 0 aliphatic carbocycles. The van der Waals surface area contributed by atoms with Gasteiger partial charge in [-0.25, -0.2) is 19.0 Å². The SMILES string of the molecule is Cc1c(C(=O)[C@@H]2CSC(c3cccnc3)N2)c2ccccc2n1C(=O)OC(C)(C)C.O=C(O)C(=O)O. The standard InChI is InChI=1S/C23H25N3O3S.C2H2O4/c1-14-19(20(27)17-13-30-21(25-17)15-8-7-11-24-12-15)16-9-5-6-10-18(16)26(14)22(28)29-23(2,3)4;3-1(4)2(5)6/h5-12,17,21,25H,13H2,1-4H3;(H,3,4)(H,5,6)/t17-,21?;/m0./s1. The number of Topliss-reactive ketones (excluding diaryl/α,β-unsaturated/α-hetero) is 1. The van der Waals surface area contributed by atoms with Crippen molar-refractivity contribution in [2.24, 2.45) is 0 Å². The minimum Gasteiger partial charge on any atom is -0.473 e. The number of ether oxygens (including phenoxy) is 1. The topological polar surface area (TPSA) is 148 Å². The first-order valence-electron chi connectivity index (χ1n) is 11.0. The zero-order chi connectivity index (χ0) is 26.6. The molecule has 3 N–H and O–H groups in total. The summed E-state index contributed by atoms with van der Waals surface area (Å²) in [5.41, 5.74) is 2.28. The van der Waals surface area contributed by atoms with Crippen LogP contribution in [0.5, 0.6) is 0 Å². The number of carbonyl (C=O) groups excluding carboxylic acids is 2. The molecule has 2 atom stereocenters. The Hall–Kier alpha value is -3.70. The molecule has 2 aromatic heterocycles. The van der Waals surface area contributed by atoms with E-state index in [4.69, 9.17) is 24.5 Å². The predicted octanol–water partition coefficient (Wildman–Crippen LogP) is 3.87. The van der Waals surface area contributed by atoms with Gasteiger partial charge in [0.2, 0.25) is 0 Å². The highest BCUT2D eigenvalue weighted by molar-refractivity contribution is 7.99. The molecule has 1 unspecified atom stereocenters. The average molecular weight is 514 g/mol. The van der Waals surface area contributed by atoms with Crippen molar-refractivity contribution in [3.8, 4) is 0 Å². The molecule has 0 bridgehead atoms. The summed E-state index contributed by atoms with van der Waals surface area (Å²) in [6.45, 7) is 7.29. The van der Waals surface area contributed by atoms with E-state index in [0.717, 1.165) is 10.9 Å². The van der Waals surface area contributed by atoms with Gasteiger partial charge >= 0.3 is 18.0 Å². The lowest BCUT2D eigenvalue weighted by Crippen LogP contribution is -2.34. The summed E-state index contributed by atoms with van der Waals surface area (Å²) >= 11 is 1.69. The fraction of sp³-hybridized carbons (Fsp3) is 0.320. The Kier molecular flexibility index (Phi) is 8.16. The second kappa shape index (κ2) is 10.9. The van der Waals surface area contributed by atoms with Gasteiger partial charge in [-0.15, -0.1) is 11.8 Å². The van der Waals surface area contributed by atoms with Crippen molar-refractivity contribution in [1.82, 2.24) is 14.9 Å². The molecule has 10 nitrogen and oxygen atoms in total. The van der Waals surface area contributed by atoms with Crippen molar-refractivity contribution in [1.29, 1.82) is 0 Å². The second-order valence-electron chi connectivity index (χ2n) is 8.99. The molecule has 36 heavy (non-hydrogen) atoms. The Bertz CT molecular complexity index is 1290. The van der Waals surface area contributed by atoms with Crippen molar-refractivity contribution in [3.05, 3.63) is 65.6 Å². The van der Waals surface area contributed by atoms with Crippen LogP contribution in [-0.4, -0.2) is 61.0 Å². The number of rotatable bonds is 3. The van der Waals surface area contributed by atoms with Crippen LogP contribution in [0.1, 0.15) is 47.8 Å². The van der Waals surface area contributed by atoms with Gasteiger partial charge < -0.3 is 14.9 Å². The van der Waals surface area contributed by atoms with Crippen LogP contribution in [0.15, 0.2) is 48.8 Å². The van der Waals surface area contributed by atoms with Gasteiger partial charge in [0.05, 0.1) is 16.9 Å². The maximum Gasteiger partial charge on any atom is 0.419 e. The summed E-state index contributed by atoms with van der Waals surface area (Å²) in [5, 5.41) is 19.0. The lowest BCUT2D eigenvalue weighted by Gasteiger charge is -2.20. The number of carbonyl (C=O) groups is 4. The van der Waals surface area contributed by atoms with E-state index in [1.54, 1.807) is 24.9 Å². The van der Waals surface area contributed by atoms with E-state index >= 15 is 0 Å². The highest BCUT2D eigenvalue weighted by Crippen LogP contribution is 2.35. The third kappa shape index (κ3) is 6.10. The lowest BCUT2D eigenvalue weighted by atomic mass is 10.0. The van der Waals surface area contributed by atoms with E-state index in [1.165, 1.54) is 4.57 Å². The Balaban J connectivity index is 0.000000538. The van der Waals surface area contributed by atoms with Crippen molar-refractivity contribution in [3.63, 3.8) is 0 Å². The van der Waals surface area contributed by atoms with E-state index in [1.807, 2.05) is 63.4 Å². The van der Waals surface area contributed by atoms with Crippen LogP contribution in [0.2, 0.25) is 0 Å². The summed E-state index contributed by atoms with van der Waals surface area (Å²) < 4.78 is 7.10. The van der Waals surface area contributed by atoms with Crippen LogP contribution in [0.25, 0.3) is 10.9 Å². The third-order valence-corrected chi connectivity index (χ3v) is 6.47. The molecule has 1 fully saturated rings. The van der Waals surface area contributed by atoms with E-state index in [-0.39, 0.29) is 17.2 Å². The third-order valence-electron chi connectivity index (χ3n) is 5.20. The molecule has 1 aromatic carbocycles. The van der Waals surface area contributed by atoms with Crippen molar-refractivity contribution < 1.29 is 34.1 Å². The van der Waals surface area contributed by atoms with Gasteiger partial charge in [-0.05, 0) is 45.4 Å². The average Bonchev–Trinajstić information content (AvgIpc) is 3.41. The number of thioether (sulfide) groups is 1. The number of benzene rings is 1. The summed E-state index contributed by atoms with van der Waals surface area (Å²) in [4.78, 5) is 48.8. The van der Waals surface area contributed by atoms with Gasteiger partial charge in [0.1, 0.15) is 5.60 Å².